The predicted octanol–water partition coefficient (Wildman–Crippen LogP) is 4.27. The molecule has 24 heavy (non-hydrogen) atoms. The van der Waals surface area contributed by atoms with Crippen molar-refractivity contribution < 1.29 is 0 Å². The molecule has 0 saturated carbocycles. The molecule has 0 aliphatic rings. The third kappa shape index (κ3) is 2.90. The van der Waals surface area contributed by atoms with Crippen molar-refractivity contribution in [3.8, 4) is 33.9 Å². The van der Waals surface area contributed by atoms with Crippen molar-refractivity contribution in [2.45, 2.75) is 0 Å². The lowest BCUT2D eigenvalue weighted by Crippen LogP contribution is -1.95. The molecule has 4 nitrogen and oxygen atoms in total. The largest absolute Gasteiger partial charge is 0.233 e. The molecular formula is C20H14N4. The molecule has 4 heteroatoms. The van der Waals surface area contributed by atoms with Gasteiger partial charge in [-0.1, -0.05) is 60.7 Å². The van der Waals surface area contributed by atoms with Gasteiger partial charge in [0.05, 0.1) is 0 Å². The second-order valence-electron chi connectivity index (χ2n) is 5.32. The van der Waals surface area contributed by atoms with E-state index in [0.29, 0.717) is 11.6 Å². The van der Waals surface area contributed by atoms with E-state index >= 15 is 0 Å². The summed E-state index contributed by atoms with van der Waals surface area (Å²) in [5, 5.41) is 0. The molecule has 0 atom stereocenters. The molecule has 0 fully saturated rings. The van der Waals surface area contributed by atoms with Gasteiger partial charge < -0.3 is 0 Å². The van der Waals surface area contributed by atoms with Crippen LogP contribution in [0.2, 0.25) is 0 Å². The standard InChI is InChI=1S/C20H14N4/c1-3-7-15(8-4-1)17-11-21-19(22-12-17)20-23-13-18(14-24-20)16-9-5-2-6-10-16/h1-14H. The zero-order valence-electron chi connectivity index (χ0n) is 12.9. The van der Waals surface area contributed by atoms with Gasteiger partial charge in [0.1, 0.15) is 0 Å². The van der Waals surface area contributed by atoms with E-state index in [0.717, 1.165) is 22.3 Å². The lowest BCUT2D eigenvalue weighted by atomic mass is 10.1. The van der Waals surface area contributed by atoms with Gasteiger partial charge in [0.25, 0.3) is 0 Å². The fourth-order valence-corrected chi connectivity index (χ4v) is 2.45. The number of hydrogen-bond donors (Lipinski definition) is 0. The van der Waals surface area contributed by atoms with E-state index in [-0.39, 0.29) is 0 Å². The minimum absolute atomic E-state index is 0.522. The Balaban J connectivity index is 1.60. The minimum Gasteiger partial charge on any atom is -0.233 e. The van der Waals surface area contributed by atoms with E-state index in [2.05, 4.69) is 19.9 Å². The zero-order chi connectivity index (χ0) is 16.2. The molecule has 4 rings (SSSR count). The highest BCUT2D eigenvalue weighted by molar-refractivity contribution is 5.64. The topological polar surface area (TPSA) is 51.6 Å². The van der Waals surface area contributed by atoms with Crippen LogP contribution in [0, 0.1) is 0 Å². The maximum absolute atomic E-state index is 4.39. The highest BCUT2D eigenvalue weighted by Crippen LogP contribution is 2.20. The van der Waals surface area contributed by atoms with E-state index in [1.54, 1.807) is 24.8 Å². The van der Waals surface area contributed by atoms with Crippen molar-refractivity contribution in [3.05, 3.63) is 85.5 Å². The first-order chi connectivity index (χ1) is 11.9. The highest BCUT2D eigenvalue weighted by Gasteiger charge is 2.06. The molecule has 2 aromatic carbocycles. The van der Waals surface area contributed by atoms with E-state index in [4.69, 9.17) is 0 Å². The summed E-state index contributed by atoms with van der Waals surface area (Å²) < 4.78 is 0. The average molecular weight is 310 g/mol. The van der Waals surface area contributed by atoms with E-state index in [1.165, 1.54) is 0 Å². The third-order valence-electron chi connectivity index (χ3n) is 3.72. The fourth-order valence-electron chi connectivity index (χ4n) is 2.45. The first kappa shape index (κ1) is 14.2. The summed E-state index contributed by atoms with van der Waals surface area (Å²) >= 11 is 0. The van der Waals surface area contributed by atoms with Crippen molar-refractivity contribution >= 4 is 0 Å². The molecule has 0 N–H and O–H groups in total. The summed E-state index contributed by atoms with van der Waals surface area (Å²) in [4.78, 5) is 17.6. The van der Waals surface area contributed by atoms with Crippen LogP contribution < -0.4 is 0 Å². The Morgan fingerprint density at radius 2 is 0.708 bits per heavy atom. The van der Waals surface area contributed by atoms with Gasteiger partial charge in [0.2, 0.25) is 0 Å². The molecule has 0 bridgehead atoms. The number of rotatable bonds is 3. The molecule has 0 unspecified atom stereocenters. The second kappa shape index (κ2) is 6.38. The van der Waals surface area contributed by atoms with Crippen molar-refractivity contribution in [2.75, 3.05) is 0 Å². The maximum Gasteiger partial charge on any atom is 0.197 e. The smallest absolute Gasteiger partial charge is 0.197 e. The molecular weight excluding hydrogens is 296 g/mol. The van der Waals surface area contributed by atoms with Crippen molar-refractivity contribution in [3.63, 3.8) is 0 Å². The Morgan fingerprint density at radius 3 is 1.04 bits per heavy atom. The van der Waals surface area contributed by atoms with Gasteiger partial charge in [-0.3, -0.25) is 0 Å². The van der Waals surface area contributed by atoms with Crippen LogP contribution in [0.1, 0.15) is 0 Å². The van der Waals surface area contributed by atoms with E-state index in [1.807, 2.05) is 60.7 Å². The average Bonchev–Trinajstić information content (AvgIpc) is 2.70. The quantitative estimate of drug-likeness (QED) is 0.567. The third-order valence-corrected chi connectivity index (χ3v) is 3.72. The van der Waals surface area contributed by atoms with Crippen LogP contribution in [0.3, 0.4) is 0 Å². The summed E-state index contributed by atoms with van der Waals surface area (Å²) in [7, 11) is 0. The lowest BCUT2D eigenvalue weighted by Gasteiger charge is -2.04. The maximum atomic E-state index is 4.39. The molecule has 2 aromatic heterocycles. The Morgan fingerprint density at radius 1 is 0.375 bits per heavy atom. The van der Waals surface area contributed by atoms with Crippen LogP contribution in [0.15, 0.2) is 85.5 Å². The molecule has 0 saturated heterocycles. The summed E-state index contributed by atoms with van der Waals surface area (Å²) in [6, 6.07) is 20.1. The van der Waals surface area contributed by atoms with Crippen LogP contribution in [0.5, 0.6) is 0 Å². The molecule has 4 aromatic rings. The van der Waals surface area contributed by atoms with Gasteiger partial charge >= 0.3 is 0 Å². The van der Waals surface area contributed by atoms with Crippen LogP contribution >= 0.6 is 0 Å². The summed E-state index contributed by atoms with van der Waals surface area (Å²) in [5.41, 5.74) is 4.12. The molecule has 0 spiro atoms. The van der Waals surface area contributed by atoms with Gasteiger partial charge in [-0.25, -0.2) is 19.9 Å². The first-order valence-electron chi connectivity index (χ1n) is 7.65. The van der Waals surface area contributed by atoms with Crippen molar-refractivity contribution in [1.82, 2.24) is 19.9 Å². The van der Waals surface area contributed by atoms with E-state index < -0.39 is 0 Å². The van der Waals surface area contributed by atoms with Crippen LogP contribution in [0.25, 0.3) is 33.9 Å². The highest BCUT2D eigenvalue weighted by atomic mass is 15.0. The van der Waals surface area contributed by atoms with E-state index in [9.17, 15) is 0 Å². The Bertz CT molecular complexity index is 838. The monoisotopic (exact) mass is 310 g/mol. The second-order valence-corrected chi connectivity index (χ2v) is 5.32. The molecule has 0 radical (unpaired) electrons. The zero-order valence-corrected chi connectivity index (χ0v) is 12.9. The van der Waals surface area contributed by atoms with Gasteiger partial charge in [0, 0.05) is 35.9 Å². The number of aromatic nitrogens is 4. The Labute approximate surface area is 139 Å². The number of hydrogen-bond acceptors (Lipinski definition) is 4. The predicted molar refractivity (Wildman–Crippen MR) is 93.9 cm³/mol. The molecule has 114 valence electrons. The number of nitrogens with zero attached hydrogens (tertiary/aromatic N) is 4. The fraction of sp³-hybridized carbons (Fsp3) is 0. The summed E-state index contributed by atoms with van der Waals surface area (Å²) in [6.07, 6.45) is 7.19. The Hall–Kier alpha value is -3.40. The molecule has 0 aliphatic heterocycles. The van der Waals surface area contributed by atoms with Gasteiger partial charge in [-0.2, -0.15) is 0 Å². The molecule has 2 heterocycles. The van der Waals surface area contributed by atoms with Crippen LogP contribution in [-0.4, -0.2) is 19.9 Å². The minimum atomic E-state index is 0.522. The molecule has 0 amide bonds. The van der Waals surface area contributed by atoms with Crippen molar-refractivity contribution in [1.29, 1.82) is 0 Å². The molecule has 0 aliphatic carbocycles. The first-order valence-corrected chi connectivity index (χ1v) is 7.65. The van der Waals surface area contributed by atoms with Gasteiger partial charge in [-0.05, 0) is 11.1 Å². The van der Waals surface area contributed by atoms with Gasteiger partial charge in [-0.15, -0.1) is 0 Å². The van der Waals surface area contributed by atoms with Crippen molar-refractivity contribution in [2.24, 2.45) is 0 Å². The normalized spacial score (nSPS) is 10.5. The summed E-state index contributed by atoms with van der Waals surface area (Å²) in [6.45, 7) is 0. The van der Waals surface area contributed by atoms with Crippen LogP contribution in [-0.2, 0) is 0 Å². The lowest BCUT2D eigenvalue weighted by molar-refractivity contribution is 1.08. The SMILES string of the molecule is c1ccc(-c2cnc(-c3ncc(-c4ccccc4)cn3)nc2)cc1. The van der Waals surface area contributed by atoms with Gasteiger partial charge in [0.15, 0.2) is 11.6 Å². The summed E-state index contributed by atoms with van der Waals surface area (Å²) in [5.74, 6) is 1.04. The number of benzene rings is 2. The Kier molecular flexibility index (Phi) is 3.78. The van der Waals surface area contributed by atoms with Crippen LogP contribution in [0.4, 0.5) is 0 Å².